The van der Waals surface area contributed by atoms with E-state index in [1.54, 1.807) is 18.4 Å². The van der Waals surface area contributed by atoms with E-state index in [2.05, 4.69) is 0 Å². The summed E-state index contributed by atoms with van der Waals surface area (Å²) < 4.78 is 11.6. The van der Waals surface area contributed by atoms with E-state index in [9.17, 15) is 4.21 Å². The molecule has 1 rings (SSSR count). The topological polar surface area (TPSA) is 63.3 Å². The third kappa shape index (κ3) is 1.78. The summed E-state index contributed by atoms with van der Waals surface area (Å²) in [6.45, 7) is 0. The van der Waals surface area contributed by atoms with Gasteiger partial charge in [0.05, 0.1) is 0 Å². The largest absolute Gasteiger partial charge is 0.508 e. The summed E-state index contributed by atoms with van der Waals surface area (Å²) in [7, 11) is -2.22. The van der Waals surface area contributed by atoms with Gasteiger partial charge in [0.25, 0.3) is 0 Å². The van der Waals surface area contributed by atoms with Crippen LogP contribution in [0.2, 0.25) is 0 Å². The van der Waals surface area contributed by atoms with Gasteiger partial charge in [-0.1, -0.05) is 0 Å². The lowest BCUT2D eigenvalue weighted by molar-refractivity contribution is 0.475. The average molecular weight is 185 g/mol. The fourth-order valence-electron chi connectivity index (χ4n) is 0.795. The molecule has 0 bridgehead atoms. The Hall–Kier alpha value is -1.00. The van der Waals surface area contributed by atoms with Crippen molar-refractivity contribution in [2.24, 2.45) is 5.73 Å². The molecule has 0 heterocycles. The molecule has 66 valence electrons. The molecule has 3 nitrogen and oxygen atoms in total. The predicted molar refractivity (Wildman–Crippen MR) is 50.7 cm³/mol. The molecule has 0 aliphatic heterocycles. The van der Waals surface area contributed by atoms with Crippen LogP contribution in [0.5, 0.6) is 5.75 Å². The molecule has 1 atom stereocenters. The fourth-order valence-corrected chi connectivity index (χ4v) is 1.63. The molecule has 12 heavy (non-hydrogen) atoms. The summed E-state index contributed by atoms with van der Waals surface area (Å²) >= 11 is 0. The summed E-state index contributed by atoms with van der Waals surface area (Å²) in [5.41, 5.74) is 6.39. The van der Waals surface area contributed by atoms with Gasteiger partial charge in [-0.05, 0) is 24.3 Å². The summed E-state index contributed by atoms with van der Waals surface area (Å²) in [4.78, 5) is 0.628. The molecule has 4 heteroatoms. The maximum Gasteiger partial charge on any atom is 0.115 e. The van der Waals surface area contributed by atoms with Gasteiger partial charge in [-0.2, -0.15) is 0 Å². The van der Waals surface area contributed by atoms with Gasteiger partial charge in [0, 0.05) is 26.2 Å². The van der Waals surface area contributed by atoms with Crippen molar-refractivity contribution in [1.29, 1.82) is 0 Å². The molecule has 0 spiro atoms. The van der Waals surface area contributed by atoms with Crippen LogP contribution in [0.4, 0.5) is 0 Å². The number of aromatic hydroxyl groups is 1. The Labute approximate surface area is 71.8 Å². The molecule has 0 aliphatic rings. The van der Waals surface area contributed by atoms with E-state index in [0.29, 0.717) is 4.90 Å². The minimum atomic E-state index is -2.22. The van der Waals surface area contributed by atoms with Crippen LogP contribution in [0.1, 0.15) is 0 Å². The Morgan fingerprint density at radius 1 is 1.42 bits per heavy atom. The molecule has 1 aromatic rings. The summed E-state index contributed by atoms with van der Waals surface area (Å²) in [5.74, 6) is 0.158. The van der Waals surface area contributed by atoms with Crippen LogP contribution in [0.3, 0.4) is 0 Å². The quantitative estimate of drug-likeness (QED) is 0.622. The molecule has 0 aliphatic carbocycles. The summed E-state index contributed by atoms with van der Waals surface area (Å²) in [6, 6.07) is 6.17. The SMILES string of the molecule is CS(=O)(=CN)c1ccc(O)cc1. The van der Waals surface area contributed by atoms with Gasteiger partial charge in [0.1, 0.15) is 5.75 Å². The first-order valence-electron chi connectivity index (χ1n) is 3.39. The van der Waals surface area contributed by atoms with Gasteiger partial charge in [-0.3, -0.25) is 4.21 Å². The highest BCUT2D eigenvalue weighted by atomic mass is 32.2. The Kier molecular flexibility index (Phi) is 2.40. The molecule has 0 radical (unpaired) electrons. The van der Waals surface area contributed by atoms with E-state index in [4.69, 9.17) is 10.8 Å². The smallest absolute Gasteiger partial charge is 0.115 e. The number of phenols is 1. The van der Waals surface area contributed by atoms with Crippen molar-refractivity contribution in [3.63, 3.8) is 0 Å². The first kappa shape index (κ1) is 9.09. The van der Waals surface area contributed by atoms with Gasteiger partial charge >= 0.3 is 0 Å². The second-order valence-electron chi connectivity index (χ2n) is 2.53. The Morgan fingerprint density at radius 2 is 1.92 bits per heavy atom. The molecule has 1 aromatic carbocycles. The van der Waals surface area contributed by atoms with Crippen LogP contribution in [0.25, 0.3) is 0 Å². The maximum atomic E-state index is 11.6. The van der Waals surface area contributed by atoms with Gasteiger partial charge in [-0.25, -0.2) is 0 Å². The maximum absolute atomic E-state index is 11.6. The van der Waals surface area contributed by atoms with Crippen molar-refractivity contribution < 1.29 is 9.32 Å². The summed E-state index contributed by atoms with van der Waals surface area (Å²) in [6.07, 6.45) is 1.55. The van der Waals surface area contributed by atoms with Crippen molar-refractivity contribution in [2.45, 2.75) is 4.90 Å². The third-order valence-electron chi connectivity index (χ3n) is 1.56. The molecule has 0 fully saturated rings. The van der Waals surface area contributed by atoms with E-state index in [1.165, 1.54) is 17.6 Å². The van der Waals surface area contributed by atoms with Crippen molar-refractivity contribution in [2.75, 3.05) is 6.26 Å². The van der Waals surface area contributed by atoms with E-state index < -0.39 is 9.52 Å². The number of hydrogen-bond donors (Lipinski definition) is 2. The van der Waals surface area contributed by atoms with Gasteiger partial charge in [0.15, 0.2) is 0 Å². The first-order chi connectivity index (χ1) is 5.56. The van der Waals surface area contributed by atoms with Crippen molar-refractivity contribution >= 4 is 15.0 Å². The van der Waals surface area contributed by atoms with E-state index in [0.717, 1.165) is 0 Å². The molecular formula is C8H11NO2S. The molecular weight excluding hydrogens is 174 g/mol. The molecule has 0 aromatic heterocycles. The van der Waals surface area contributed by atoms with Crippen molar-refractivity contribution in [1.82, 2.24) is 0 Å². The number of benzene rings is 1. The monoisotopic (exact) mass is 185 g/mol. The molecule has 1 unspecified atom stereocenters. The lowest BCUT2D eigenvalue weighted by atomic mass is 10.3. The first-order valence-corrected chi connectivity index (χ1v) is 5.42. The van der Waals surface area contributed by atoms with Crippen molar-refractivity contribution in [3.05, 3.63) is 24.3 Å². The van der Waals surface area contributed by atoms with E-state index in [-0.39, 0.29) is 5.75 Å². The fraction of sp³-hybridized carbons (Fsp3) is 0.125. The van der Waals surface area contributed by atoms with Crippen LogP contribution in [0.15, 0.2) is 29.2 Å². The second kappa shape index (κ2) is 3.16. The van der Waals surface area contributed by atoms with Crippen molar-refractivity contribution in [3.8, 4) is 5.75 Å². The predicted octanol–water partition coefficient (Wildman–Crippen LogP) is 0.384. The van der Waals surface area contributed by atoms with Gasteiger partial charge in [-0.15, -0.1) is 0 Å². The molecule has 0 saturated carbocycles. The Morgan fingerprint density at radius 3 is 2.33 bits per heavy atom. The normalized spacial score (nSPS) is 15.2. The zero-order valence-electron chi connectivity index (χ0n) is 6.73. The Bertz CT molecular complexity index is 375. The zero-order valence-corrected chi connectivity index (χ0v) is 7.54. The van der Waals surface area contributed by atoms with Gasteiger partial charge < -0.3 is 10.8 Å². The number of rotatable bonds is 1. The number of phenolic OH excluding ortho intramolecular Hbond substituents is 1. The highest BCUT2D eigenvalue weighted by Gasteiger charge is 2.01. The van der Waals surface area contributed by atoms with E-state index in [1.807, 2.05) is 0 Å². The van der Waals surface area contributed by atoms with Crippen LogP contribution < -0.4 is 5.73 Å². The third-order valence-corrected chi connectivity index (χ3v) is 3.29. The van der Waals surface area contributed by atoms with E-state index >= 15 is 0 Å². The van der Waals surface area contributed by atoms with Crippen LogP contribution in [0, 0.1) is 0 Å². The van der Waals surface area contributed by atoms with Crippen LogP contribution in [-0.2, 0) is 9.52 Å². The number of nitrogens with two attached hydrogens (primary N) is 1. The highest BCUT2D eigenvalue weighted by molar-refractivity contribution is 8.00. The van der Waals surface area contributed by atoms with Crippen LogP contribution in [-0.4, -0.2) is 21.1 Å². The minimum Gasteiger partial charge on any atom is -0.508 e. The zero-order chi connectivity index (χ0) is 9.19. The molecule has 0 saturated heterocycles. The van der Waals surface area contributed by atoms with Gasteiger partial charge in [0.2, 0.25) is 0 Å². The minimum absolute atomic E-state index is 0.158. The standard InChI is InChI=1S/C8H11NO2S/c1-12(11,6-9)8-4-2-7(10)3-5-8/h2-6,10H,9H2,1H3. The lowest BCUT2D eigenvalue weighted by Gasteiger charge is -2.02. The number of hydrogen-bond acceptors (Lipinski definition) is 2. The Balaban J connectivity index is 3.24. The molecule has 0 amide bonds. The average Bonchev–Trinajstić information content (AvgIpc) is 2.05. The van der Waals surface area contributed by atoms with Crippen LogP contribution >= 0.6 is 0 Å². The summed E-state index contributed by atoms with van der Waals surface area (Å²) in [5, 5.41) is 8.96. The highest BCUT2D eigenvalue weighted by Crippen LogP contribution is 2.13. The second-order valence-corrected chi connectivity index (χ2v) is 5.09. The molecule has 3 N–H and O–H groups in total. The lowest BCUT2D eigenvalue weighted by Crippen LogP contribution is -2.07.